The average Bonchev–Trinajstić information content (AvgIpc) is 3.03. The van der Waals surface area contributed by atoms with Gasteiger partial charge in [0, 0.05) is 5.56 Å². The van der Waals surface area contributed by atoms with Crippen LogP contribution in [0, 0.1) is 0 Å². The molecule has 1 atom stereocenters. The predicted molar refractivity (Wildman–Crippen MR) is 116 cm³/mol. The first kappa shape index (κ1) is 20.9. The highest BCUT2D eigenvalue weighted by molar-refractivity contribution is 6.09. The Labute approximate surface area is 184 Å². The molecule has 0 unspecified atom stereocenters. The number of carbonyl (C=O) groups excluding carboxylic acids is 3. The minimum atomic E-state index is -1.35. The zero-order chi connectivity index (χ0) is 22.7. The number of carbonyl (C=O) groups is 3. The number of nitrogens with zero attached hydrogens (tertiary/aromatic N) is 1. The van der Waals surface area contributed by atoms with Gasteiger partial charge in [-0.2, -0.15) is 5.01 Å². The second kappa shape index (κ2) is 8.43. The van der Waals surface area contributed by atoms with Gasteiger partial charge < -0.3 is 14.8 Å². The van der Waals surface area contributed by atoms with Crippen molar-refractivity contribution >= 4 is 17.8 Å². The molecule has 4 amide bonds. The van der Waals surface area contributed by atoms with Crippen LogP contribution in [0.1, 0.15) is 22.8 Å². The standard InChI is InChI=1S/C24H21N3O5/c1-24(17-9-7-12-19(15-17)31-2)22(29)27(23(30)25-24)26-21(28)16-8-6-13-20(14-16)32-18-10-4-3-5-11-18/h3-15H,1-2H3,(H,25,30)(H,26,28)/t24-/m0/s1. The van der Waals surface area contributed by atoms with Crippen LogP contribution in [0.3, 0.4) is 0 Å². The van der Waals surface area contributed by atoms with Gasteiger partial charge in [-0.15, -0.1) is 0 Å². The predicted octanol–water partition coefficient (Wildman–Crippen LogP) is 3.60. The fourth-order valence-electron chi connectivity index (χ4n) is 3.36. The van der Waals surface area contributed by atoms with Crippen LogP contribution in [-0.2, 0) is 10.3 Å². The summed E-state index contributed by atoms with van der Waals surface area (Å²) in [7, 11) is 1.51. The van der Waals surface area contributed by atoms with Crippen molar-refractivity contribution in [3.63, 3.8) is 0 Å². The van der Waals surface area contributed by atoms with Gasteiger partial charge in [0.15, 0.2) is 0 Å². The average molecular weight is 431 g/mol. The Bertz CT molecular complexity index is 1180. The summed E-state index contributed by atoms with van der Waals surface area (Å²) in [5, 5.41) is 3.33. The SMILES string of the molecule is COc1cccc([C@]2(C)NC(=O)N(NC(=O)c3cccc(Oc4ccccc4)c3)C2=O)c1. The van der Waals surface area contributed by atoms with Crippen molar-refractivity contribution in [3.8, 4) is 17.2 Å². The normalized spacial score (nSPS) is 17.6. The molecule has 8 heteroatoms. The Hall–Kier alpha value is -4.33. The van der Waals surface area contributed by atoms with Crippen molar-refractivity contribution < 1.29 is 23.9 Å². The van der Waals surface area contributed by atoms with E-state index < -0.39 is 23.4 Å². The summed E-state index contributed by atoms with van der Waals surface area (Å²) < 4.78 is 10.9. The molecule has 0 spiro atoms. The largest absolute Gasteiger partial charge is 0.497 e. The van der Waals surface area contributed by atoms with Crippen LogP contribution in [0.2, 0.25) is 0 Å². The van der Waals surface area contributed by atoms with Crippen molar-refractivity contribution in [3.05, 3.63) is 90.0 Å². The van der Waals surface area contributed by atoms with E-state index in [-0.39, 0.29) is 5.56 Å². The molecular formula is C24H21N3O5. The maximum atomic E-state index is 13.1. The Kier molecular flexibility index (Phi) is 5.51. The zero-order valence-electron chi connectivity index (χ0n) is 17.5. The van der Waals surface area contributed by atoms with Gasteiger partial charge >= 0.3 is 6.03 Å². The van der Waals surface area contributed by atoms with Crippen LogP contribution in [0.25, 0.3) is 0 Å². The van der Waals surface area contributed by atoms with Crippen molar-refractivity contribution in [1.29, 1.82) is 0 Å². The summed E-state index contributed by atoms with van der Waals surface area (Å²) in [6.07, 6.45) is 0. The van der Waals surface area contributed by atoms with Crippen LogP contribution in [-0.4, -0.2) is 30.0 Å². The summed E-state index contributed by atoms with van der Waals surface area (Å²) in [6.45, 7) is 1.57. The minimum Gasteiger partial charge on any atom is -0.497 e. The maximum Gasteiger partial charge on any atom is 0.344 e. The Morgan fingerprint density at radius 3 is 2.34 bits per heavy atom. The molecule has 1 aliphatic rings. The lowest BCUT2D eigenvalue weighted by molar-refractivity contribution is -0.132. The third kappa shape index (κ3) is 3.98. The van der Waals surface area contributed by atoms with E-state index >= 15 is 0 Å². The van der Waals surface area contributed by atoms with E-state index in [9.17, 15) is 14.4 Å². The van der Waals surface area contributed by atoms with Crippen LogP contribution in [0.5, 0.6) is 17.2 Å². The molecule has 3 aromatic carbocycles. The minimum absolute atomic E-state index is 0.231. The van der Waals surface area contributed by atoms with Crippen LogP contribution in [0.4, 0.5) is 4.79 Å². The van der Waals surface area contributed by atoms with Crippen molar-refractivity contribution in [1.82, 2.24) is 15.8 Å². The first-order valence-electron chi connectivity index (χ1n) is 9.86. The number of benzene rings is 3. The number of ether oxygens (including phenoxy) is 2. The Morgan fingerprint density at radius 1 is 0.906 bits per heavy atom. The summed E-state index contributed by atoms with van der Waals surface area (Å²) >= 11 is 0. The van der Waals surface area contributed by atoms with Crippen molar-refractivity contribution in [2.24, 2.45) is 0 Å². The lowest BCUT2D eigenvalue weighted by Gasteiger charge is -2.22. The molecule has 0 radical (unpaired) electrons. The first-order valence-corrected chi connectivity index (χ1v) is 9.86. The number of nitrogens with one attached hydrogen (secondary N) is 2. The molecule has 1 aliphatic heterocycles. The zero-order valence-corrected chi connectivity index (χ0v) is 17.5. The molecule has 0 saturated carbocycles. The molecule has 1 heterocycles. The third-order valence-corrected chi connectivity index (χ3v) is 5.13. The van der Waals surface area contributed by atoms with Gasteiger partial charge in [-0.25, -0.2) is 4.79 Å². The van der Waals surface area contributed by atoms with Crippen LogP contribution in [0.15, 0.2) is 78.9 Å². The second-order valence-electron chi connectivity index (χ2n) is 7.31. The van der Waals surface area contributed by atoms with E-state index in [1.54, 1.807) is 61.5 Å². The summed E-state index contributed by atoms with van der Waals surface area (Å²) in [5.74, 6) is 0.377. The highest BCUT2D eigenvalue weighted by Crippen LogP contribution is 2.30. The van der Waals surface area contributed by atoms with Gasteiger partial charge in [0.2, 0.25) is 0 Å². The van der Waals surface area contributed by atoms with E-state index in [0.717, 1.165) is 0 Å². The van der Waals surface area contributed by atoms with Crippen molar-refractivity contribution in [2.75, 3.05) is 7.11 Å². The number of rotatable bonds is 6. The fourth-order valence-corrected chi connectivity index (χ4v) is 3.36. The molecule has 3 aromatic rings. The Morgan fingerprint density at radius 2 is 1.59 bits per heavy atom. The van der Waals surface area contributed by atoms with Gasteiger partial charge in [0.1, 0.15) is 22.8 Å². The highest BCUT2D eigenvalue weighted by Gasteiger charge is 2.50. The smallest absolute Gasteiger partial charge is 0.344 e. The molecule has 1 saturated heterocycles. The van der Waals surface area contributed by atoms with Gasteiger partial charge in [0.25, 0.3) is 11.8 Å². The number of hydrogen-bond acceptors (Lipinski definition) is 5. The Balaban J connectivity index is 1.51. The number of hydrogen-bond donors (Lipinski definition) is 2. The lowest BCUT2D eigenvalue weighted by Crippen LogP contribution is -2.47. The monoisotopic (exact) mass is 431 g/mol. The fraction of sp³-hybridized carbons (Fsp3) is 0.125. The van der Waals surface area contributed by atoms with Gasteiger partial charge in [0.05, 0.1) is 7.11 Å². The number of amides is 4. The number of hydrazine groups is 1. The molecule has 32 heavy (non-hydrogen) atoms. The number of imide groups is 1. The van der Waals surface area contributed by atoms with Crippen LogP contribution < -0.4 is 20.2 Å². The summed E-state index contributed by atoms with van der Waals surface area (Å²) in [4.78, 5) is 38.4. The number of para-hydroxylation sites is 1. The topological polar surface area (TPSA) is 97.0 Å². The number of urea groups is 1. The molecular weight excluding hydrogens is 410 g/mol. The van der Waals surface area contributed by atoms with E-state index in [2.05, 4.69) is 10.7 Å². The van der Waals surface area contributed by atoms with E-state index in [1.807, 2.05) is 18.2 Å². The molecule has 0 bridgehead atoms. The third-order valence-electron chi connectivity index (χ3n) is 5.13. The highest BCUT2D eigenvalue weighted by atomic mass is 16.5. The van der Waals surface area contributed by atoms with E-state index in [4.69, 9.17) is 9.47 Å². The quantitative estimate of drug-likeness (QED) is 0.582. The first-order chi connectivity index (χ1) is 15.4. The molecule has 162 valence electrons. The van der Waals surface area contributed by atoms with E-state index in [1.165, 1.54) is 13.2 Å². The summed E-state index contributed by atoms with van der Waals surface area (Å²) in [6, 6.07) is 21.7. The second-order valence-corrected chi connectivity index (χ2v) is 7.31. The van der Waals surface area contributed by atoms with Gasteiger partial charge in [-0.3, -0.25) is 15.0 Å². The van der Waals surface area contributed by atoms with E-state index in [0.29, 0.717) is 27.8 Å². The number of methoxy groups -OCH3 is 1. The van der Waals surface area contributed by atoms with Gasteiger partial charge in [-0.05, 0) is 55.0 Å². The lowest BCUT2D eigenvalue weighted by atomic mass is 9.92. The molecule has 2 N–H and O–H groups in total. The maximum absolute atomic E-state index is 13.1. The molecule has 1 fully saturated rings. The molecule has 0 aliphatic carbocycles. The van der Waals surface area contributed by atoms with Crippen molar-refractivity contribution in [2.45, 2.75) is 12.5 Å². The summed E-state index contributed by atoms with van der Waals surface area (Å²) in [5.41, 5.74) is 1.80. The molecule has 4 rings (SSSR count). The molecule has 8 nitrogen and oxygen atoms in total. The van der Waals surface area contributed by atoms with Gasteiger partial charge in [-0.1, -0.05) is 36.4 Å². The van der Waals surface area contributed by atoms with Crippen LogP contribution >= 0.6 is 0 Å². The molecule has 0 aromatic heterocycles.